The molecular formula is C14H27ClN2O2S. The van der Waals surface area contributed by atoms with Gasteiger partial charge in [-0.25, -0.2) is 0 Å². The van der Waals surface area contributed by atoms with E-state index in [1.807, 2.05) is 11.8 Å². The van der Waals surface area contributed by atoms with Gasteiger partial charge in [-0.05, 0) is 50.9 Å². The molecule has 1 unspecified atom stereocenters. The molecule has 2 rings (SSSR count). The van der Waals surface area contributed by atoms with Crippen LogP contribution < -0.4 is 10.6 Å². The van der Waals surface area contributed by atoms with E-state index in [0.29, 0.717) is 12.3 Å². The Kier molecular flexibility index (Phi) is 8.25. The van der Waals surface area contributed by atoms with E-state index in [2.05, 4.69) is 16.9 Å². The van der Waals surface area contributed by atoms with Crippen LogP contribution in [0.15, 0.2) is 0 Å². The average molecular weight is 323 g/mol. The Hall–Kier alpha value is 0.0300. The summed E-state index contributed by atoms with van der Waals surface area (Å²) in [5.41, 5.74) is 0. The van der Waals surface area contributed by atoms with E-state index in [0.717, 1.165) is 52.1 Å². The molecule has 118 valence electrons. The Morgan fingerprint density at radius 2 is 2.20 bits per heavy atom. The number of carbonyl (C=O) groups is 1. The van der Waals surface area contributed by atoms with E-state index >= 15 is 0 Å². The summed E-state index contributed by atoms with van der Waals surface area (Å²) in [7, 11) is 0. The SMILES string of the molecule is CSC1(CNC(=O)CCC2CCNC2)CCOCC1.Cl. The Morgan fingerprint density at radius 3 is 2.80 bits per heavy atom. The summed E-state index contributed by atoms with van der Waals surface area (Å²) in [6.07, 6.45) is 7.14. The lowest BCUT2D eigenvalue weighted by Crippen LogP contribution is -2.44. The normalized spacial score (nSPS) is 24.9. The van der Waals surface area contributed by atoms with Crippen LogP contribution in [-0.4, -0.2) is 49.8 Å². The van der Waals surface area contributed by atoms with E-state index in [-0.39, 0.29) is 23.1 Å². The summed E-state index contributed by atoms with van der Waals surface area (Å²) in [4.78, 5) is 11.9. The van der Waals surface area contributed by atoms with Crippen LogP contribution in [0.2, 0.25) is 0 Å². The molecule has 0 aromatic rings. The highest BCUT2D eigenvalue weighted by atomic mass is 35.5. The van der Waals surface area contributed by atoms with Crippen LogP contribution in [0.3, 0.4) is 0 Å². The molecule has 2 aliphatic rings. The molecular weight excluding hydrogens is 296 g/mol. The van der Waals surface area contributed by atoms with Gasteiger partial charge in [0.15, 0.2) is 0 Å². The Morgan fingerprint density at radius 1 is 1.45 bits per heavy atom. The van der Waals surface area contributed by atoms with Crippen LogP contribution in [0.1, 0.15) is 32.1 Å². The predicted molar refractivity (Wildman–Crippen MR) is 86.8 cm³/mol. The highest BCUT2D eigenvalue weighted by Crippen LogP contribution is 2.33. The summed E-state index contributed by atoms with van der Waals surface area (Å²) >= 11 is 1.87. The van der Waals surface area contributed by atoms with Gasteiger partial charge in [-0.15, -0.1) is 12.4 Å². The van der Waals surface area contributed by atoms with Gasteiger partial charge in [0, 0.05) is 30.9 Å². The summed E-state index contributed by atoms with van der Waals surface area (Å²) in [6, 6.07) is 0. The largest absolute Gasteiger partial charge is 0.381 e. The van der Waals surface area contributed by atoms with Crippen LogP contribution in [0, 0.1) is 5.92 Å². The smallest absolute Gasteiger partial charge is 0.220 e. The van der Waals surface area contributed by atoms with Gasteiger partial charge in [-0.1, -0.05) is 0 Å². The van der Waals surface area contributed by atoms with Crippen LogP contribution in [0.5, 0.6) is 0 Å². The fourth-order valence-electron chi connectivity index (χ4n) is 2.84. The highest BCUT2D eigenvalue weighted by molar-refractivity contribution is 8.00. The lowest BCUT2D eigenvalue weighted by atomic mass is 9.98. The molecule has 0 bridgehead atoms. The van der Waals surface area contributed by atoms with Gasteiger partial charge in [0.25, 0.3) is 0 Å². The first-order chi connectivity index (χ1) is 9.24. The molecule has 0 aliphatic carbocycles. The van der Waals surface area contributed by atoms with Crippen molar-refractivity contribution in [3.63, 3.8) is 0 Å². The van der Waals surface area contributed by atoms with Gasteiger partial charge < -0.3 is 15.4 Å². The van der Waals surface area contributed by atoms with Crippen molar-refractivity contribution in [3.05, 3.63) is 0 Å². The van der Waals surface area contributed by atoms with E-state index in [1.165, 1.54) is 6.42 Å². The van der Waals surface area contributed by atoms with Crippen LogP contribution in [0.4, 0.5) is 0 Å². The number of hydrogen-bond donors (Lipinski definition) is 2. The van der Waals surface area contributed by atoms with Crippen molar-refractivity contribution in [1.29, 1.82) is 0 Å². The summed E-state index contributed by atoms with van der Waals surface area (Å²) in [5.74, 6) is 0.912. The maximum absolute atomic E-state index is 11.9. The van der Waals surface area contributed by atoms with Gasteiger partial charge in [-0.3, -0.25) is 4.79 Å². The number of hydrogen-bond acceptors (Lipinski definition) is 4. The number of nitrogens with one attached hydrogen (secondary N) is 2. The van der Waals surface area contributed by atoms with E-state index in [4.69, 9.17) is 4.74 Å². The number of rotatable bonds is 6. The van der Waals surface area contributed by atoms with Crippen LogP contribution in [-0.2, 0) is 9.53 Å². The zero-order chi connectivity index (χ0) is 13.6. The first kappa shape index (κ1) is 18.1. The number of ether oxygens (including phenoxy) is 1. The van der Waals surface area contributed by atoms with E-state index in [9.17, 15) is 4.79 Å². The maximum Gasteiger partial charge on any atom is 0.220 e. The van der Waals surface area contributed by atoms with Gasteiger partial charge in [0.2, 0.25) is 5.91 Å². The molecule has 1 atom stereocenters. The molecule has 0 aromatic carbocycles. The minimum Gasteiger partial charge on any atom is -0.381 e. The van der Waals surface area contributed by atoms with Gasteiger partial charge in [-0.2, -0.15) is 11.8 Å². The molecule has 2 N–H and O–H groups in total. The lowest BCUT2D eigenvalue weighted by Gasteiger charge is -2.35. The monoisotopic (exact) mass is 322 g/mol. The molecule has 2 fully saturated rings. The van der Waals surface area contributed by atoms with Crippen molar-refractivity contribution in [2.75, 3.05) is 39.1 Å². The third-order valence-corrected chi connectivity index (χ3v) is 5.81. The Bertz CT molecular complexity index is 293. The molecule has 20 heavy (non-hydrogen) atoms. The molecule has 2 aliphatic heterocycles. The summed E-state index contributed by atoms with van der Waals surface area (Å²) < 4.78 is 5.61. The number of halogens is 1. The summed E-state index contributed by atoms with van der Waals surface area (Å²) in [6.45, 7) is 4.63. The predicted octanol–water partition coefficient (Wildman–Crippen LogP) is 1.83. The molecule has 0 spiro atoms. The van der Waals surface area contributed by atoms with E-state index in [1.54, 1.807) is 0 Å². The van der Waals surface area contributed by atoms with E-state index < -0.39 is 0 Å². The zero-order valence-electron chi connectivity index (χ0n) is 12.3. The Labute approximate surface area is 132 Å². The van der Waals surface area contributed by atoms with Crippen LogP contribution in [0.25, 0.3) is 0 Å². The highest BCUT2D eigenvalue weighted by Gasteiger charge is 2.32. The lowest BCUT2D eigenvalue weighted by molar-refractivity contribution is -0.121. The number of thioether (sulfide) groups is 1. The van der Waals surface area contributed by atoms with Gasteiger partial charge >= 0.3 is 0 Å². The van der Waals surface area contributed by atoms with Crippen molar-refractivity contribution in [3.8, 4) is 0 Å². The third-order valence-electron chi connectivity index (χ3n) is 4.39. The minimum absolute atomic E-state index is 0. The van der Waals surface area contributed by atoms with Crippen LogP contribution >= 0.6 is 24.2 Å². The summed E-state index contributed by atoms with van der Waals surface area (Å²) in [5, 5.41) is 6.48. The number of amides is 1. The van der Waals surface area contributed by atoms with Crippen molar-refractivity contribution in [2.24, 2.45) is 5.92 Å². The van der Waals surface area contributed by atoms with Crippen molar-refractivity contribution in [2.45, 2.75) is 36.9 Å². The molecule has 0 radical (unpaired) electrons. The molecule has 2 saturated heterocycles. The third kappa shape index (κ3) is 5.43. The first-order valence-corrected chi connectivity index (χ1v) is 8.57. The standard InChI is InChI=1S/C14H26N2O2S.ClH/c1-19-14(5-8-18-9-6-14)11-16-13(17)3-2-12-4-7-15-10-12;/h12,15H,2-11H2,1H3,(H,16,17);1H. The maximum atomic E-state index is 11.9. The quantitative estimate of drug-likeness (QED) is 0.783. The second kappa shape index (κ2) is 9.13. The van der Waals surface area contributed by atoms with Gasteiger partial charge in [0.05, 0.1) is 0 Å². The number of carbonyl (C=O) groups excluding carboxylic acids is 1. The van der Waals surface area contributed by atoms with Crippen molar-refractivity contribution < 1.29 is 9.53 Å². The molecule has 1 amide bonds. The molecule has 0 saturated carbocycles. The molecule has 4 nitrogen and oxygen atoms in total. The fraction of sp³-hybridized carbons (Fsp3) is 0.929. The minimum atomic E-state index is 0. The zero-order valence-corrected chi connectivity index (χ0v) is 13.9. The topological polar surface area (TPSA) is 50.4 Å². The Balaban J connectivity index is 0.00000200. The second-order valence-corrected chi connectivity index (χ2v) is 6.95. The average Bonchev–Trinajstić information content (AvgIpc) is 2.97. The molecule has 0 aromatic heterocycles. The van der Waals surface area contributed by atoms with Crippen molar-refractivity contribution >= 4 is 30.1 Å². The second-order valence-electron chi connectivity index (χ2n) is 5.67. The van der Waals surface area contributed by atoms with Gasteiger partial charge in [0.1, 0.15) is 0 Å². The molecule has 6 heteroatoms. The first-order valence-electron chi connectivity index (χ1n) is 7.34. The fourth-order valence-corrected chi connectivity index (χ4v) is 3.63. The van der Waals surface area contributed by atoms with Crippen molar-refractivity contribution in [1.82, 2.24) is 10.6 Å². The molecule has 2 heterocycles.